The predicted octanol–water partition coefficient (Wildman–Crippen LogP) is 2.34. The van der Waals surface area contributed by atoms with Crippen molar-refractivity contribution >= 4 is 10.8 Å². The van der Waals surface area contributed by atoms with Gasteiger partial charge in [0.05, 0.1) is 0 Å². The minimum atomic E-state index is -0.711. The van der Waals surface area contributed by atoms with Gasteiger partial charge in [-0.25, -0.2) is 0 Å². The first-order valence-corrected chi connectivity index (χ1v) is 7.84. The summed E-state index contributed by atoms with van der Waals surface area (Å²) in [4.78, 5) is 0. The van der Waals surface area contributed by atoms with E-state index in [0.29, 0.717) is 5.92 Å². The van der Waals surface area contributed by atoms with Crippen molar-refractivity contribution < 1.29 is 4.21 Å². The molecule has 4 atom stereocenters. The third-order valence-electron chi connectivity index (χ3n) is 3.72. The molecular formula is C13H25NOS. The normalized spacial score (nSPS) is 29.6. The molecule has 0 aromatic carbocycles. The van der Waals surface area contributed by atoms with Gasteiger partial charge in [-0.3, -0.25) is 4.21 Å². The Hall–Kier alpha value is -0.150. The first kappa shape index (κ1) is 13.9. The van der Waals surface area contributed by atoms with Crippen LogP contribution in [-0.4, -0.2) is 28.8 Å². The fraction of sp³-hybridized carbons (Fsp3) is 0.846. The van der Waals surface area contributed by atoms with Crippen molar-refractivity contribution in [3.05, 3.63) is 11.6 Å². The van der Waals surface area contributed by atoms with E-state index in [1.807, 2.05) is 6.92 Å². The van der Waals surface area contributed by atoms with Crippen LogP contribution in [-0.2, 0) is 10.8 Å². The van der Waals surface area contributed by atoms with Gasteiger partial charge in [-0.15, -0.1) is 0 Å². The van der Waals surface area contributed by atoms with Crippen LogP contribution in [0.15, 0.2) is 11.6 Å². The van der Waals surface area contributed by atoms with Crippen LogP contribution in [0.4, 0.5) is 0 Å². The number of rotatable bonds is 5. The lowest BCUT2D eigenvalue weighted by Crippen LogP contribution is -2.34. The lowest BCUT2D eigenvalue weighted by Gasteiger charge is -2.29. The van der Waals surface area contributed by atoms with Crippen LogP contribution in [0, 0.1) is 11.8 Å². The van der Waals surface area contributed by atoms with E-state index < -0.39 is 10.8 Å². The van der Waals surface area contributed by atoms with Gasteiger partial charge in [0.2, 0.25) is 0 Å². The van der Waals surface area contributed by atoms with Crippen molar-refractivity contribution in [1.82, 2.24) is 5.32 Å². The number of allylic oxidation sites excluding steroid dienone is 1. The number of hydrogen-bond donors (Lipinski definition) is 1. The van der Waals surface area contributed by atoms with Crippen molar-refractivity contribution in [2.45, 2.75) is 38.9 Å². The summed E-state index contributed by atoms with van der Waals surface area (Å²) in [5, 5.41) is 3.72. The Bertz CT molecular complexity index is 275. The van der Waals surface area contributed by atoms with Gasteiger partial charge in [-0.05, 0) is 38.5 Å². The highest BCUT2D eigenvalue weighted by atomic mass is 32.2. The van der Waals surface area contributed by atoms with E-state index in [2.05, 4.69) is 25.2 Å². The van der Waals surface area contributed by atoms with Gasteiger partial charge >= 0.3 is 0 Å². The Morgan fingerprint density at radius 1 is 1.62 bits per heavy atom. The summed E-state index contributed by atoms with van der Waals surface area (Å²) in [7, 11) is -0.711. The smallest absolute Gasteiger partial charge is 0.0441 e. The molecule has 94 valence electrons. The quantitative estimate of drug-likeness (QED) is 0.751. The van der Waals surface area contributed by atoms with E-state index in [4.69, 9.17) is 0 Å². The summed E-state index contributed by atoms with van der Waals surface area (Å²) in [6.45, 7) is 8.51. The topological polar surface area (TPSA) is 29.1 Å². The molecular weight excluding hydrogens is 218 g/mol. The van der Waals surface area contributed by atoms with Gasteiger partial charge in [0.25, 0.3) is 0 Å². The molecule has 0 aromatic rings. The summed E-state index contributed by atoms with van der Waals surface area (Å²) in [6, 6.07) is 0. The Kier molecular flexibility index (Phi) is 5.70. The number of nitrogens with one attached hydrogen (secondary N) is 1. The molecule has 1 aliphatic rings. The highest BCUT2D eigenvalue weighted by Crippen LogP contribution is 2.29. The van der Waals surface area contributed by atoms with Crippen LogP contribution >= 0.6 is 0 Å². The Labute approximate surface area is 102 Å². The van der Waals surface area contributed by atoms with Crippen LogP contribution in [0.25, 0.3) is 0 Å². The van der Waals surface area contributed by atoms with Crippen molar-refractivity contribution in [1.29, 1.82) is 0 Å². The standard InChI is InChI=1S/C13H25NOS/c1-10-6-5-7-11(2)13(10)9-14-8-12(3)16(4)15/h6,11-14H,5,7-9H2,1-4H3/t11-,12+,13+,16-/m0/s1. The monoisotopic (exact) mass is 243 g/mol. The molecule has 16 heavy (non-hydrogen) atoms. The van der Waals surface area contributed by atoms with Gasteiger partial charge in [-0.1, -0.05) is 18.6 Å². The largest absolute Gasteiger partial charge is 0.315 e. The van der Waals surface area contributed by atoms with E-state index >= 15 is 0 Å². The molecule has 0 radical (unpaired) electrons. The maximum absolute atomic E-state index is 11.2. The number of hydrogen-bond acceptors (Lipinski definition) is 2. The molecule has 0 saturated carbocycles. The molecule has 0 fully saturated rings. The van der Waals surface area contributed by atoms with Crippen molar-refractivity contribution in [2.75, 3.05) is 19.3 Å². The first-order valence-electron chi connectivity index (χ1n) is 6.22. The first-order chi connectivity index (χ1) is 7.52. The van der Waals surface area contributed by atoms with Crippen LogP contribution in [0.5, 0.6) is 0 Å². The molecule has 0 bridgehead atoms. The van der Waals surface area contributed by atoms with Gasteiger partial charge in [0.1, 0.15) is 0 Å². The van der Waals surface area contributed by atoms with Crippen molar-refractivity contribution in [3.8, 4) is 0 Å². The highest BCUT2D eigenvalue weighted by Gasteiger charge is 2.21. The third-order valence-corrected chi connectivity index (χ3v) is 5.02. The van der Waals surface area contributed by atoms with Gasteiger partial charge in [0, 0.05) is 35.4 Å². The fourth-order valence-corrected chi connectivity index (χ4v) is 2.65. The zero-order valence-electron chi connectivity index (χ0n) is 11.0. The van der Waals surface area contributed by atoms with E-state index in [1.54, 1.807) is 6.26 Å². The Morgan fingerprint density at radius 2 is 2.31 bits per heavy atom. The van der Waals surface area contributed by atoms with Gasteiger partial charge in [-0.2, -0.15) is 0 Å². The molecule has 0 unspecified atom stereocenters. The second kappa shape index (κ2) is 6.55. The van der Waals surface area contributed by atoms with E-state index in [9.17, 15) is 4.21 Å². The average molecular weight is 243 g/mol. The van der Waals surface area contributed by atoms with Gasteiger partial charge in [0.15, 0.2) is 0 Å². The van der Waals surface area contributed by atoms with Crippen LogP contribution < -0.4 is 5.32 Å². The minimum absolute atomic E-state index is 0.253. The fourth-order valence-electron chi connectivity index (χ4n) is 2.30. The Balaban J connectivity index is 2.34. The average Bonchev–Trinajstić information content (AvgIpc) is 2.22. The zero-order valence-corrected chi connectivity index (χ0v) is 11.8. The van der Waals surface area contributed by atoms with E-state index in [0.717, 1.165) is 19.0 Å². The second-order valence-corrected chi connectivity index (χ2v) is 6.88. The lowest BCUT2D eigenvalue weighted by molar-refractivity contribution is 0.351. The highest BCUT2D eigenvalue weighted by molar-refractivity contribution is 7.84. The molecule has 0 spiro atoms. The molecule has 0 heterocycles. The lowest BCUT2D eigenvalue weighted by atomic mass is 9.80. The van der Waals surface area contributed by atoms with Gasteiger partial charge < -0.3 is 5.32 Å². The van der Waals surface area contributed by atoms with Crippen LogP contribution in [0.3, 0.4) is 0 Å². The molecule has 1 aliphatic carbocycles. The zero-order chi connectivity index (χ0) is 12.1. The summed E-state index contributed by atoms with van der Waals surface area (Å²) in [5.74, 6) is 1.45. The van der Waals surface area contributed by atoms with E-state index in [1.165, 1.54) is 18.4 Å². The van der Waals surface area contributed by atoms with Crippen LogP contribution in [0.1, 0.15) is 33.6 Å². The second-order valence-electron chi connectivity index (χ2n) is 5.08. The van der Waals surface area contributed by atoms with Crippen molar-refractivity contribution in [3.63, 3.8) is 0 Å². The van der Waals surface area contributed by atoms with Crippen LogP contribution in [0.2, 0.25) is 0 Å². The molecule has 0 amide bonds. The Morgan fingerprint density at radius 3 is 2.88 bits per heavy atom. The molecule has 0 aliphatic heterocycles. The SMILES string of the molecule is CC1=CCC[C@H](C)[C@@H]1CNC[C@@H](C)[S@](C)=O. The molecule has 0 saturated heterocycles. The summed E-state index contributed by atoms with van der Waals surface area (Å²) in [6.07, 6.45) is 6.69. The van der Waals surface area contributed by atoms with Crippen molar-refractivity contribution in [2.24, 2.45) is 11.8 Å². The molecule has 1 N–H and O–H groups in total. The maximum Gasteiger partial charge on any atom is 0.0441 e. The molecule has 3 heteroatoms. The van der Waals surface area contributed by atoms with E-state index in [-0.39, 0.29) is 5.25 Å². The third kappa shape index (κ3) is 4.02. The summed E-state index contributed by atoms with van der Waals surface area (Å²) in [5.41, 5.74) is 1.52. The summed E-state index contributed by atoms with van der Waals surface area (Å²) >= 11 is 0. The molecule has 0 aromatic heterocycles. The maximum atomic E-state index is 11.2. The molecule has 1 rings (SSSR count). The molecule has 2 nitrogen and oxygen atoms in total. The predicted molar refractivity (Wildman–Crippen MR) is 72.0 cm³/mol. The minimum Gasteiger partial charge on any atom is -0.315 e. The summed E-state index contributed by atoms with van der Waals surface area (Å²) < 4.78 is 11.2.